The van der Waals surface area contributed by atoms with E-state index in [0.717, 1.165) is 5.69 Å². The van der Waals surface area contributed by atoms with E-state index in [1.165, 1.54) is 0 Å². The number of nitrogens with two attached hydrogens (primary N) is 1. The van der Waals surface area contributed by atoms with E-state index in [2.05, 4.69) is 15.4 Å². The van der Waals surface area contributed by atoms with Gasteiger partial charge in [0.05, 0.1) is 17.6 Å². The topological polar surface area (TPSA) is 111 Å². The van der Waals surface area contributed by atoms with Crippen LogP contribution in [0.5, 0.6) is 5.75 Å². The molecule has 0 aliphatic carbocycles. The first-order valence-corrected chi connectivity index (χ1v) is 5.06. The lowest BCUT2D eigenvalue weighted by Crippen LogP contribution is -2.30. The summed E-state index contributed by atoms with van der Waals surface area (Å²) in [6, 6.07) is 5.19. The Morgan fingerprint density at radius 2 is 2.35 bits per heavy atom. The van der Waals surface area contributed by atoms with Crippen LogP contribution >= 0.6 is 0 Å². The monoisotopic (exact) mass is 231 g/mol. The summed E-state index contributed by atoms with van der Waals surface area (Å²) in [7, 11) is 0. The minimum Gasteiger partial charge on any atom is -0.507 e. The van der Waals surface area contributed by atoms with Crippen LogP contribution in [0.4, 0.5) is 0 Å². The van der Waals surface area contributed by atoms with Crippen molar-refractivity contribution in [1.82, 2.24) is 15.4 Å². The van der Waals surface area contributed by atoms with Crippen LogP contribution in [-0.2, 0) is 6.42 Å². The molecule has 6 N–H and O–H groups in total. The Balaban J connectivity index is 2.32. The van der Waals surface area contributed by atoms with Crippen LogP contribution in [0.3, 0.4) is 0 Å². The Labute approximate surface area is 98.0 Å². The Morgan fingerprint density at radius 3 is 3.00 bits per heavy atom. The molecule has 1 aromatic heterocycles. The minimum atomic E-state index is -0.0219. The molecule has 88 valence electrons. The maximum atomic E-state index is 10.0. The number of amidine groups is 1. The molecule has 0 radical (unpaired) electrons. The molecule has 1 aromatic carbocycles. The first kappa shape index (κ1) is 11.2. The van der Waals surface area contributed by atoms with Gasteiger partial charge in [-0.2, -0.15) is 0 Å². The Bertz CT molecular complexity index is 521. The zero-order valence-corrected chi connectivity index (χ0v) is 9.07. The predicted octanol–water partition coefficient (Wildman–Crippen LogP) is 0.495. The predicted molar refractivity (Wildman–Crippen MR) is 63.7 cm³/mol. The Kier molecular flexibility index (Phi) is 3.06. The van der Waals surface area contributed by atoms with Gasteiger partial charge in [-0.3, -0.25) is 5.41 Å². The number of nitrogens with zero attached hydrogens (tertiary/aromatic N) is 1. The zero-order valence-electron chi connectivity index (χ0n) is 9.07. The minimum absolute atomic E-state index is 0.0219. The molecule has 0 amide bonds. The first-order chi connectivity index (χ1) is 8.22. The van der Waals surface area contributed by atoms with E-state index in [1.807, 2.05) is 0 Å². The van der Waals surface area contributed by atoms with Crippen LogP contribution in [-0.4, -0.2) is 20.9 Å². The fourth-order valence-corrected chi connectivity index (χ4v) is 1.60. The second kappa shape index (κ2) is 4.67. The highest BCUT2D eigenvalue weighted by Crippen LogP contribution is 2.24. The molecule has 0 atom stereocenters. The lowest BCUT2D eigenvalue weighted by atomic mass is 10.0. The fraction of sp³-hybridized carbons (Fsp3) is 0.0909. The quantitative estimate of drug-likeness (QED) is 0.229. The SMILES string of the molecule is N=C(NN)c1cccc(Cc2c[nH]cn2)c1O. The number of benzene rings is 1. The average Bonchev–Trinajstić information content (AvgIpc) is 2.84. The van der Waals surface area contributed by atoms with E-state index in [0.29, 0.717) is 17.5 Å². The number of aromatic amines is 1. The maximum absolute atomic E-state index is 10.0. The largest absolute Gasteiger partial charge is 0.507 e. The Hall–Kier alpha value is -2.34. The van der Waals surface area contributed by atoms with E-state index in [4.69, 9.17) is 11.3 Å². The molecular formula is C11H13N5O. The molecule has 2 rings (SSSR count). The van der Waals surface area contributed by atoms with Crippen LogP contribution in [0, 0.1) is 5.41 Å². The van der Waals surface area contributed by atoms with Crippen molar-refractivity contribution >= 4 is 5.84 Å². The number of phenols is 1. The van der Waals surface area contributed by atoms with Crippen LogP contribution in [0.15, 0.2) is 30.7 Å². The van der Waals surface area contributed by atoms with Crippen LogP contribution < -0.4 is 11.3 Å². The third-order valence-corrected chi connectivity index (χ3v) is 2.46. The van der Waals surface area contributed by atoms with Crippen molar-refractivity contribution in [3.63, 3.8) is 0 Å². The summed E-state index contributed by atoms with van der Waals surface area (Å²) < 4.78 is 0. The molecule has 6 heteroatoms. The van der Waals surface area contributed by atoms with E-state index in [9.17, 15) is 5.11 Å². The van der Waals surface area contributed by atoms with E-state index >= 15 is 0 Å². The van der Waals surface area contributed by atoms with Gasteiger partial charge in [-0.25, -0.2) is 10.8 Å². The molecule has 17 heavy (non-hydrogen) atoms. The smallest absolute Gasteiger partial charge is 0.143 e. The standard InChI is InChI=1S/C11H13N5O/c12-11(16-13)9-3-1-2-7(10(9)17)4-8-5-14-6-15-8/h1-3,5-6,17H,4,13H2,(H2,12,16)(H,14,15). The van der Waals surface area contributed by atoms with Crippen molar-refractivity contribution in [2.75, 3.05) is 0 Å². The van der Waals surface area contributed by atoms with Crippen molar-refractivity contribution in [1.29, 1.82) is 5.41 Å². The Morgan fingerprint density at radius 1 is 1.53 bits per heavy atom. The summed E-state index contributed by atoms with van der Waals surface area (Å²) in [4.78, 5) is 6.94. The van der Waals surface area contributed by atoms with Crippen molar-refractivity contribution in [2.45, 2.75) is 6.42 Å². The molecule has 0 saturated heterocycles. The molecule has 0 aliphatic heterocycles. The van der Waals surface area contributed by atoms with Gasteiger partial charge in [0.25, 0.3) is 0 Å². The molecule has 0 unspecified atom stereocenters. The molecule has 6 nitrogen and oxygen atoms in total. The normalized spacial score (nSPS) is 10.2. The third-order valence-electron chi connectivity index (χ3n) is 2.46. The van der Waals surface area contributed by atoms with Gasteiger partial charge in [0.2, 0.25) is 0 Å². The van der Waals surface area contributed by atoms with Gasteiger partial charge in [-0.15, -0.1) is 0 Å². The number of imidazole rings is 1. The van der Waals surface area contributed by atoms with Crippen molar-refractivity contribution in [3.8, 4) is 5.75 Å². The number of hydrogen-bond acceptors (Lipinski definition) is 4. The fourth-order valence-electron chi connectivity index (χ4n) is 1.60. The van der Waals surface area contributed by atoms with Gasteiger partial charge < -0.3 is 15.5 Å². The number of para-hydroxylation sites is 1. The second-order valence-corrected chi connectivity index (χ2v) is 3.57. The van der Waals surface area contributed by atoms with Crippen molar-refractivity contribution in [3.05, 3.63) is 47.5 Å². The van der Waals surface area contributed by atoms with Crippen molar-refractivity contribution < 1.29 is 5.11 Å². The third kappa shape index (κ3) is 2.26. The number of aromatic hydroxyl groups is 1. The van der Waals surface area contributed by atoms with Crippen molar-refractivity contribution in [2.24, 2.45) is 5.84 Å². The highest BCUT2D eigenvalue weighted by Gasteiger charge is 2.11. The molecule has 0 aliphatic rings. The number of rotatable bonds is 3. The summed E-state index contributed by atoms with van der Waals surface area (Å²) in [5.74, 6) is 5.19. The van der Waals surface area contributed by atoms with Gasteiger partial charge in [-0.05, 0) is 6.07 Å². The van der Waals surface area contributed by atoms with Gasteiger partial charge in [0.15, 0.2) is 0 Å². The number of phenolic OH excluding ortho intramolecular Hbond substituents is 1. The second-order valence-electron chi connectivity index (χ2n) is 3.57. The number of nitrogens with one attached hydrogen (secondary N) is 3. The molecule has 0 fully saturated rings. The molecule has 0 saturated carbocycles. The van der Waals surface area contributed by atoms with Crippen LogP contribution in [0.25, 0.3) is 0 Å². The van der Waals surface area contributed by atoms with Gasteiger partial charge in [-0.1, -0.05) is 12.1 Å². The molecule has 1 heterocycles. The molecule has 0 spiro atoms. The van der Waals surface area contributed by atoms with Crippen LogP contribution in [0.1, 0.15) is 16.8 Å². The summed E-state index contributed by atoms with van der Waals surface area (Å²) >= 11 is 0. The van der Waals surface area contributed by atoms with Gasteiger partial charge in [0.1, 0.15) is 11.6 Å². The first-order valence-electron chi connectivity index (χ1n) is 5.06. The lowest BCUT2D eigenvalue weighted by molar-refractivity contribution is 0.467. The maximum Gasteiger partial charge on any atom is 0.143 e. The number of H-pyrrole nitrogens is 1. The lowest BCUT2D eigenvalue weighted by Gasteiger charge is -2.09. The van der Waals surface area contributed by atoms with E-state index < -0.39 is 0 Å². The van der Waals surface area contributed by atoms with E-state index in [1.54, 1.807) is 30.7 Å². The zero-order chi connectivity index (χ0) is 12.3. The van der Waals surface area contributed by atoms with E-state index in [-0.39, 0.29) is 11.6 Å². The summed E-state index contributed by atoms with van der Waals surface area (Å²) in [6.45, 7) is 0. The highest BCUT2D eigenvalue weighted by atomic mass is 16.3. The average molecular weight is 231 g/mol. The molecule has 0 bridgehead atoms. The molecular weight excluding hydrogens is 218 g/mol. The summed E-state index contributed by atoms with van der Waals surface area (Å²) in [5, 5.41) is 17.6. The number of aromatic nitrogens is 2. The van der Waals surface area contributed by atoms with Gasteiger partial charge in [0, 0.05) is 18.2 Å². The van der Waals surface area contributed by atoms with Crippen LogP contribution in [0.2, 0.25) is 0 Å². The molecule has 2 aromatic rings. The summed E-state index contributed by atoms with van der Waals surface area (Å²) in [5.41, 5.74) is 4.11. The highest BCUT2D eigenvalue weighted by molar-refractivity contribution is 5.98. The number of hydrazine groups is 1. The number of hydrogen-bond donors (Lipinski definition) is 5. The van der Waals surface area contributed by atoms with Gasteiger partial charge >= 0.3 is 0 Å². The summed E-state index contributed by atoms with van der Waals surface area (Å²) in [6.07, 6.45) is 3.85.